The van der Waals surface area contributed by atoms with Gasteiger partial charge in [-0.2, -0.15) is 0 Å². The van der Waals surface area contributed by atoms with E-state index in [1.807, 2.05) is 91.0 Å². The summed E-state index contributed by atoms with van der Waals surface area (Å²) in [5.41, 5.74) is 3.03. The number of rotatable bonds is 10. The van der Waals surface area contributed by atoms with Crippen molar-refractivity contribution in [1.29, 1.82) is 0 Å². The van der Waals surface area contributed by atoms with Crippen molar-refractivity contribution in [1.82, 2.24) is 0 Å². The number of hydrogen-bond acceptors (Lipinski definition) is 4. The van der Waals surface area contributed by atoms with Crippen molar-refractivity contribution >= 4 is 0 Å². The van der Waals surface area contributed by atoms with Crippen LogP contribution in [0.5, 0.6) is 0 Å². The molecule has 1 heterocycles. The van der Waals surface area contributed by atoms with Crippen LogP contribution in [0.25, 0.3) is 0 Å². The lowest BCUT2D eigenvalue weighted by atomic mass is 10.1. The Morgan fingerprint density at radius 3 is 1.58 bits per heavy atom. The summed E-state index contributed by atoms with van der Waals surface area (Å²) < 4.78 is 38.2. The van der Waals surface area contributed by atoms with Gasteiger partial charge in [-0.3, -0.25) is 0 Å². The summed E-state index contributed by atoms with van der Waals surface area (Å²) in [7, 11) is 0. The van der Waals surface area contributed by atoms with E-state index in [0.29, 0.717) is 13.2 Å². The lowest BCUT2D eigenvalue weighted by Crippen LogP contribution is -2.38. The highest BCUT2D eigenvalue weighted by Crippen LogP contribution is 2.29. The summed E-state index contributed by atoms with van der Waals surface area (Å²) >= 11 is 0. The average Bonchev–Trinajstić information content (AvgIpc) is 3.12. The maximum atomic E-state index is 14.8. The number of hydrogen-bond donors (Lipinski definition) is 0. The SMILES string of the molecule is F[C@H]1O[C@H](COCc2ccccc2)[C@@H](OCc2ccccc2)[C@H]1OCc1ccccc1. The fourth-order valence-corrected chi connectivity index (χ4v) is 3.59. The largest absolute Gasteiger partial charge is 0.374 e. The van der Waals surface area contributed by atoms with E-state index in [9.17, 15) is 4.39 Å². The smallest absolute Gasteiger partial charge is 0.228 e. The molecule has 0 radical (unpaired) electrons. The van der Waals surface area contributed by atoms with Crippen LogP contribution < -0.4 is 0 Å². The van der Waals surface area contributed by atoms with Gasteiger partial charge in [0.15, 0.2) is 0 Å². The van der Waals surface area contributed by atoms with Crippen molar-refractivity contribution in [2.24, 2.45) is 0 Å². The fraction of sp³-hybridized carbons (Fsp3) is 0.308. The molecule has 4 nitrogen and oxygen atoms in total. The van der Waals surface area contributed by atoms with Crippen molar-refractivity contribution in [2.45, 2.75) is 44.5 Å². The molecular weight excluding hydrogens is 395 g/mol. The third kappa shape index (κ3) is 6.21. The molecule has 1 fully saturated rings. The van der Waals surface area contributed by atoms with E-state index >= 15 is 0 Å². The minimum Gasteiger partial charge on any atom is -0.374 e. The zero-order valence-corrected chi connectivity index (χ0v) is 17.3. The lowest BCUT2D eigenvalue weighted by Gasteiger charge is -2.23. The van der Waals surface area contributed by atoms with E-state index in [4.69, 9.17) is 18.9 Å². The van der Waals surface area contributed by atoms with Crippen LogP contribution in [0.2, 0.25) is 0 Å². The fourth-order valence-electron chi connectivity index (χ4n) is 3.59. The Morgan fingerprint density at radius 1 is 0.613 bits per heavy atom. The molecule has 0 aromatic heterocycles. The quantitative estimate of drug-likeness (QED) is 0.457. The van der Waals surface area contributed by atoms with Crippen LogP contribution in [0.1, 0.15) is 16.7 Å². The lowest BCUT2D eigenvalue weighted by molar-refractivity contribution is -0.110. The minimum atomic E-state index is -1.57. The van der Waals surface area contributed by atoms with Gasteiger partial charge in [-0.05, 0) is 16.7 Å². The Morgan fingerprint density at radius 2 is 1.06 bits per heavy atom. The Balaban J connectivity index is 1.39. The molecule has 1 aliphatic rings. The summed E-state index contributed by atoms with van der Waals surface area (Å²) in [6.07, 6.45) is -3.53. The molecule has 0 saturated carbocycles. The van der Waals surface area contributed by atoms with Crippen molar-refractivity contribution in [2.75, 3.05) is 6.61 Å². The minimum absolute atomic E-state index is 0.222. The van der Waals surface area contributed by atoms with E-state index in [2.05, 4.69) is 0 Å². The van der Waals surface area contributed by atoms with Crippen LogP contribution in [0.4, 0.5) is 4.39 Å². The second kappa shape index (κ2) is 11.2. The summed E-state index contributed by atoms with van der Waals surface area (Å²) in [6.45, 7) is 1.29. The maximum Gasteiger partial charge on any atom is 0.228 e. The van der Waals surface area contributed by atoms with Gasteiger partial charge < -0.3 is 18.9 Å². The first kappa shape index (κ1) is 21.7. The summed E-state index contributed by atoms with van der Waals surface area (Å²) in [5.74, 6) is 0. The molecule has 0 N–H and O–H groups in total. The van der Waals surface area contributed by atoms with Crippen LogP contribution in [0.15, 0.2) is 91.0 Å². The number of benzene rings is 3. The third-order valence-electron chi connectivity index (χ3n) is 5.22. The predicted molar refractivity (Wildman–Crippen MR) is 116 cm³/mol. The average molecular weight is 422 g/mol. The standard InChI is InChI=1S/C26H27FO4/c27-26-25(30-18-22-14-8-3-9-15-22)24(29-17-21-12-6-2-7-13-21)23(31-26)19-28-16-20-10-4-1-5-11-20/h1-15,23-26H,16-19H2/t23-,24-,25-,26+/m1/s1. The zero-order chi connectivity index (χ0) is 21.3. The summed E-state index contributed by atoms with van der Waals surface area (Å²) in [6, 6.07) is 29.4. The van der Waals surface area contributed by atoms with E-state index in [1.165, 1.54) is 0 Å². The van der Waals surface area contributed by atoms with Crippen LogP contribution in [0, 0.1) is 0 Å². The molecule has 1 aliphatic heterocycles. The molecule has 0 unspecified atom stereocenters. The van der Waals surface area contributed by atoms with Crippen LogP contribution in [0.3, 0.4) is 0 Å². The van der Waals surface area contributed by atoms with E-state index in [-0.39, 0.29) is 13.2 Å². The third-order valence-corrected chi connectivity index (χ3v) is 5.22. The van der Waals surface area contributed by atoms with Crippen LogP contribution >= 0.6 is 0 Å². The van der Waals surface area contributed by atoms with Gasteiger partial charge >= 0.3 is 0 Å². The summed E-state index contributed by atoms with van der Waals surface area (Å²) in [4.78, 5) is 0. The van der Waals surface area contributed by atoms with Gasteiger partial charge in [0.25, 0.3) is 0 Å². The molecule has 1 saturated heterocycles. The molecule has 4 atom stereocenters. The molecule has 4 rings (SSSR count). The zero-order valence-electron chi connectivity index (χ0n) is 17.3. The first-order chi connectivity index (χ1) is 15.3. The van der Waals surface area contributed by atoms with Gasteiger partial charge in [0, 0.05) is 0 Å². The first-order valence-electron chi connectivity index (χ1n) is 10.5. The molecule has 5 heteroatoms. The molecule has 0 bridgehead atoms. The van der Waals surface area contributed by atoms with Crippen molar-refractivity contribution in [3.05, 3.63) is 108 Å². The highest BCUT2D eigenvalue weighted by molar-refractivity contribution is 5.15. The first-order valence-corrected chi connectivity index (χ1v) is 10.5. The predicted octanol–water partition coefficient (Wildman–Crippen LogP) is 5.07. The normalized spacial score (nSPS) is 23.1. The van der Waals surface area contributed by atoms with Crippen LogP contribution in [-0.4, -0.2) is 31.3 Å². The maximum absolute atomic E-state index is 14.8. The van der Waals surface area contributed by atoms with Crippen molar-refractivity contribution in [3.8, 4) is 0 Å². The number of ether oxygens (including phenoxy) is 4. The second-order valence-corrected chi connectivity index (χ2v) is 7.55. The van der Waals surface area contributed by atoms with Gasteiger partial charge in [0.05, 0.1) is 26.4 Å². The molecule has 3 aromatic carbocycles. The van der Waals surface area contributed by atoms with Gasteiger partial charge in [-0.15, -0.1) is 0 Å². The molecular formula is C26H27FO4. The van der Waals surface area contributed by atoms with Crippen LogP contribution in [-0.2, 0) is 38.8 Å². The number of halogens is 1. The molecule has 0 aliphatic carbocycles. The Bertz CT molecular complexity index is 891. The van der Waals surface area contributed by atoms with E-state index in [1.54, 1.807) is 0 Å². The number of alkyl halides is 1. The highest BCUT2D eigenvalue weighted by atomic mass is 19.1. The molecule has 162 valence electrons. The summed E-state index contributed by atoms with van der Waals surface area (Å²) in [5, 5.41) is 0. The van der Waals surface area contributed by atoms with Crippen molar-refractivity contribution < 1.29 is 23.3 Å². The van der Waals surface area contributed by atoms with E-state index < -0.39 is 24.7 Å². The molecule has 31 heavy (non-hydrogen) atoms. The Hall–Kier alpha value is -2.57. The van der Waals surface area contributed by atoms with E-state index in [0.717, 1.165) is 16.7 Å². The van der Waals surface area contributed by atoms with Gasteiger partial charge in [0.1, 0.15) is 18.3 Å². The Kier molecular flexibility index (Phi) is 7.80. The topological polar surface area (TPSA) is 36.9 Å². The molecule has 0 amide bonds. The molecule has 0 spiro atoms. The molecule has 3 aromatic rings. The van der Waals surface area contributed by atoms with Crippen molar-refractivity contribution in [3.63, 3.8) is 0 Å². The van der Waals surface area contributed by atoms with Gasteiger partial charge in [-0.25, -0.2) is 4.39 Å². The monoisotopic (exact) mass is 422 g/mol. The highest BCUT2D eigenvalue weighted by Gasteiger charge is 2.47. The second-order valence-electron chi connectivity index (χ2n) is 7.55. The van der Waals surface area contributed by atoms with Gasteiger partial charge in [-0.1, -0.05) is 91.0 Å². The Labute approximate surface area is 182 Å². The van der Waals surface area contributed by atoms with Gasteiger partial charge in [0.2, 0.25) is 6.36 Å².